The van der Waals surface area contributed by atoms with Gasteiger partial charge in [0.2, 0.25) is 0 Å². The molecule has 1 N–H and O–H groups in total. The van der Waals surface area contributed by atoms with Gasteiger partial charge >= 0.3 is 0 Å². The molecule has 1 aromatic heterocycles. The molecule has 1 amide bonds. The molecule has 1 heterocycles. The maximum atomic E-state index is 12.4. The highest BCUT2D eigenvalue weighted by molar-refractivity contribution is 9.10. The van der Waals surface area contributed by atoms with Crippen LogP contribution in [0.3, 0.4) is 0 Å². The van der Waals surface area contributed by atoms with E-state index in [0.717, 1.165) is 28.7 Å². The first-order chi connectivity index (χ1) is 10.2. The maximum absolute atomic E-state index is 12.4. The third kappa shape index (κ3) is 3.95. The number of aryl methyl sites for hydroxylation is 1. The number of anilines is 1. The minimum Gasteiger partial charge on any atom is -0.384 e. The highest BCUT2D eigenvalue weighted by Crippen LogP contribution is 2.19. The van der Waals surface area contributed by atoms with Crippen LogP contribution in [0.2, 0.25) is 0 Å². The number of halogens is 1. The summed E-state index contributed by atoms with van der Waals surface area (Å²) in [5, 5.41) is 2.99. The van der Waals surface area contributed by atoms with Crippen LogP contribution in [0.15, 0.2) is 41.0 Å². The van der Waals surface area contributed by atoms with Crippen LogP contribution in [0.1, 0.15) is 23.0 Å². The molecular weight excluding hydrogens is 332 g/mol. The Morgan fingerprint density at radius 3 is 2.86 bits per heavy atom. The maximum Gasteiger partial charge on any atom is 0.272 e. The fraction of sp³-hybridized carbons (Fsp3) is 0.312. The van der Waals surface area contributed by atoms with E-state index in [9.17, 15) is 4.79 Å². The summed E-state index contributed by atoms with van der Waals surface area (Å²) in [5.74, 6) is -0.104. The first-order valence-electron chi connectivity index (χ1n) is 6.89. The van der Waals surface area contributed by atoms with Crippen LogP contribution in [0, 0.1) is 0 Å². The number of amides is 1. The SMILES string of the molecule is CCn1cc(Br)cc1C(=O)Nc1ccccc1CCOC. The first-order valence-corrected chi connectivity index (χ1v) is 7.69. The molecule has 0 aliphatic carbocycles. The number of carbonyl (C=O) groups excluding carboxylic acids is 1. The summed E-state index contributed by atoms with van der Waals surface area (Å²) in [5.41, 5.74) is 2.55. The van der Waals surface area contributed by atoms with E-state index in [4.69, 9.17) is 4.74 Å². The van der Waals surface area contributed by atoms with E-state index < -0.39 is 0 Å². The van der Waals surface area contributed by atoms with Gasteiger partial charge in [-0.05, 0) is 47.0 Å². The molecule has 0 aliphatic rings. The Morgan fingerprint density at radius 1 is 1.38 bits per heavy atom. The average Bonchev–Trinajstić information content (AvgIpc) is 2.87. The number of hydrogen-bond acceptors (Lipinski definition) is 2. The van der Waals surface area contributed by atoms with Crippen molar-refractivity contribution in [3.8, 4) is 0 Å². The normalized spacial score (nSPS) is 10.6. The van der Waals surface area contributed by atoms with Crippen molar-refractivity contribution in [3.05, 3.63) is 52.3 Å². The van der Waals surface area contributed by atoms with Gasteiger partial charge in [0, 0.05) is 30.0 Å². The molecule has 0 spiro atoms. The number of nitrogens with one attached hydrogen (secondary N) is 1. The predicted octanol–water partition coefficient (Wildman–Crippen LogP) is 3.71. The van der Waals surface area contributed by atoms with Gasteiger partial charge in [-0.15, -0.1) is 0 Å². The molecule has 1 aromatic carbocycles. The van der Waals surface area contributed by atoms with E-state index in [-0.39, 0.29) is 5.91 Å². The summed E-state index contributed by atoms with van der Waals surface area (Å²) < 4.78 is 7.93. The van der Waals surface area contributed by atoms with Crippen molar-refractivity contribution in [2.24, 2.45) is 0 Å². The second-order valence-corrected chi connectivity index (χ2v) is 5.60. The Bertz CT molecular complexity index is 622. The Balaban J connectivity index is 2.19. The summed E-state index contributed by atoms with van der Waals surface area (Å²) in [6.07, 6.45) is 2.68. The molecule has 2 aromatic rings. The Labute approximate surface area is 133 Å². The van der Waals surface area contributed by atoms with Crippen molar-refractivity contribution < 1.29 is 9.53 Å². The zero-order chi connectivity index (χ0) is 15.2. The lowest BCUT2D eigenvalue weighted by Gasteiger charge is -2.12. The molecule has 0 radical (unpaired) electrons. The van der Waals surface area contributed by atoms with Crippen LogP contribution in [-0.2, 0) is 17.7 Å². The van der Waals surface area contributed by atoms with Crippen molar-refractivity contribution in [1.29, 1.82) is 0 Å². The molecule has 112 valence electrons. The highest BCUT2D eigenvalue weighted by atomic mass is 79.9. The van der Waals surface area contributed by atoms with Gasteiger partial charge in [-0.25, -0.2) is 0 Å². The highest BCUT2D eigenvalue weighted by Gasteiger charge is 2.13. The summed E-state index contributed by atoms with van der Waals surface area (Å²) in [6.45, 7) is 3.39. The van der Waals surface area contributed by atoms with E-state index in [2.05, 4.69) is 21.2 Å². The second-order valence-electron chi connectivity index (χ2n) is 4.68. The number of carbonyl (C=O) groups is 1. The molecule has 2 rings (SSSR count). The van der Waals surface area contributed by atoms with Gasteiger partial charge in [0.15, 0.2) is 0 Å². The molecule has 0 fully saturated rings. The van der Waals surface area contributed by atoms with Crippen molar-refractivity contribution in [2.75, 3.05) is 19.0 Å². The van der Waals surface area contributed by atoms with Gasteiger partial charge in [0.25, 0.3) is 5.91 Å². The minimum atomic E-state index is -0.104. The lowest BCUT2D eigenvalue weighted by atomic mass is 10.1. The van der Waals surface area contributed by atoms with Crippen molar-refractivity contribution in [1.82, 2.24) is 4.57 Å². The molecule has 0 bridgehead atoms. The van der Waals surface area contributed by atoms with Gasteiger partial charge in [0.1, 0.15) is 5.69 Å². The summed E-state index contributed by atoms with van der Waals surface area (Å²) in [4.78, 5) is 12.4. The van der Waals surface area contributed by atoms with Crippen LogP contribution >= 0.6 is 15.9 Å². The molecule has 5 heteroatoms. The van der Waals surface area contributed by atoms with Crippen LogP contribution in [-0.4, -0.2) is 24.2 Å². The number of hydrogen-bond donors (Lipinski definition) is 1. The first kappa shape index (κ1) is 15.8. The van der Waals surface area contributed by atoms with Crippen molar-refractivity contribution in [2.45, 2.75) is 19.9 Å². The Hall–Kier alpha value is -1.59. The molecule has 21 heavy (non-hydrogen) atoms. The lowest BCUT2D eigenvalue weighted by molar-refractivity contribution is 0.101. The number of methoxy groups -OCH3 is 1. The van der Waals surface area contributed by atoms with E-state index >= 15 is 0 Å². The van der Waals surface area contributed by atoms with Gasteiger partial charge in [0.05, 0.1) is 6.61 Å². The van der Waals surface area contributed by atoms with Crippen LogP contribution in [0.4, 0.5) is 5.69 Å². The average molecular weight is 351 g/mol. The van der Waals surface area contributed by atoms with Crippen molar-refractivity contribution >= 4 is 27.5 Å². The number of ether oxygens (including phenoxy) is 1. The quantitative estimate of drug-likeness (QED) is 0.862. The van der Waals surface area contributed by atoms with Gasteiger partial charge in [-0.2, -0.15) is 0 Å². The Kier molecular flexibility index (Phi) is 5.59. The lowest BCUT2D eigenvalue weighted by Crippen LogP contribution is -2.17. The standard InChI is InChI=1S/C16H19BrN2O2/c1-3-19-11-13(17)10-15(19)16(20)18-14-7-5-4-6-12(14)8-9-21-2/h4-7,10-11H,3,8-9H2,1-2H3,(H,18,20). The van der Waals surface area contributed by atoms with E-state index in [0.29, 0.717) is 12.3 Å². The summed E-state index contributed by atoms with van der Waals surface area (Å²) >= 11 is 3.41. The fourth-order valence-corrected chi connectivity index (χ4v) is 2.65. The number of aromatic nitrogens is 1. The van der Waals surface area contributed by atoms with Crippen LogP contribution in [0.25, 0.3) is 0 Å². The largest absolute Gasteiger partial charge is 0.384 e. The molecule has 0 saturated carbocycles. The minimum absolute atomic E-state index is 0.104. The van der Waals surface area contributed by atoms with E-state index in [1.807, 2.05) is 48.0 Å². The number of para-hydroxylation sites is 1. The molecular formula is C16H19BrN2O2. The zero-order valence-electron chi connectivity index (χ0n) is 12.2. The zero-order valence-corrected chi connectivity index (χ0v) is 13.8. The van der Waals surface area contributed by atoms with Gasteiger partial charge in [-0.1, -0.05) is 18.2 Å². The third-order valence-corrected chi connectivity index (χ3v) is 3.71. The number of nitrogens with zero attached hydrogens (tertiary/aromatic N) is 1. The third-order valence-electron chi connectivity index (χ3n) is 3.28. The predicted molar refractivity (Wildman–Crippen MR) is 87.8 cm³/mol. The monoisotopic (exact) mass is 350 g/mol. The fourth-order valence-electron chi connectivity index (χ4n) is 2.19. The summed E-state index contributed by atoms with van der Waals surface area (Å²) in [7, 11) is 1.67. The molecule has 0 saturated heterocycles. The number of rotatable bonds is 6. The van der Waals surface area contributed by atoms with E-state index in [1.54, 1.807) is 7.11 Å². The molecule has 0 unspecified atom stereocenters. The van der Waals surface area contributed by atoms with Crippen molar-refractivity contribution in [3.63, 3.8) is 0 Å². The van der Waals surface area contributed by atoms with Gasteiger partial charge in [-0.3, -0.25) is 4.79 Å². The second kappa shape index (κ2) is 7.43. The molecule has 0 aliphatic heterocycles. The van der Waals surface area contributed by atoms with E-state index in [1.165, 1.54) is 0 Å². The van der Waals surface area contributed by atoms with Crippen LogP contribution < -0.4 is 5.32 Å². The topological polar surface area (TPSA) is 43.3 Å². The number of benzene rings is 1. The Morgan fingerprint density at radius 2 is 2.14 bits per heavy atom. The summed E-state index contributed by atoms with van der Waals surface area (Å²) in [6, 6.07) is 9.63. The molecule has 4 nitrogen and oxygen atoms in total. The molecule has 0 atom stereocenters. The van der Waals surface area contributed by atoms with Gasteiger partial charge < -0.3 is 14.6 Å². The van der Waals surface area contributed by atoms with Crippen LogP contribution in [0.5, 0.6) is 0 Å². The smallest absolute Gasteiger partial charge is 0.272 e.